The molecule has 2 aromatic carbocycles. The Balaban J connectivity index is 1.42. The predicted molar refractivity (Wildman–Crippen MR) is 128 cm³/mol. The summed E-state index contributed by atoms with van der Waals surface area (Å²) in [5, 5.41) is 13.9. The van der Waals surface area contributed by atoms with E-state index in [4.69, 9.17) is 0 Å². The van der Waals surface area contributed by atoms with E-state index in [1.807, 2.05) is 0 Å². The summed E-state index contributed by atoms with van der Waals surface area (Å²) in [5.74, 6) is -1.97. The molecule has 5 rings (SSSR count). The van der Waals surface area contributed by atoms with Crippen molar-refractivity contribution >= 4 is 6.21 Å². The van der Waals surface area contributed by atoms with Crippen molar-refractivity contribution in [3.05, 3.63) is 88.4 Å². The second-order valence-electron chi connectivity index (χ2n) is 9.47. The highest BCUT2D eigenvalue weighted by atomic mass is 19.4. The first-order valence-corrected chi connectivity index (χ1v) is 11.6. The zero-order valence-corrected chi connectivity index (χ0v) is 20.7. The zero-order valence-electron chi connectivity index (χ0n) is 20.7. The van der Waals surface area contributed by atoms with Gasteiger partial charge in [-0.1, -0.05) is 12.1 Å². The number of aromatic nitrogens is 4. The van der Waals surface area contributed by atoms with E-state index in [-0.39, 0.29) is 29.7 Å². The van der Waals surface area contributed by atoms with Crippen LogP contribution < -0.4 is 0 Å². The molecule has 208 valence electrons. The van der Waals surface area contributed by atoms with Gasteiger partial charge in [0.1, 0.15) is 11.5 Å². The third-order valence-electron chi connectivity index (χ3n) is 6.51. The van der Waals surface area contributed by atoms with E-state index in [2.05, 4.69) is 25.3 Å². The maximum atomic E-state index is 14.2. The summed E-state index contributed by atoms with van der Waals surface area (Å²) < 4.78 is 108. The maximum absolute atomic E-state index is 14.2. The lowest BCUT2D eigenvalue weighted by molar-refractivity contribution is -0.142. The van der Waals surface area contributed by atoms with Gasteiger partial charge >= 0.3 is 12.4 Å². The summed E-state index contributed by atoms with van der Waals surface area (Å²) in [5.41, 5.74) is -3.50. The lowest BCUT2D eigenvalue weighted by atomic mass is 9.97. The highest BCUT2D eigenvalue weighted by Gasteiger charge is 2.39. The van der Waals surface area contributed by atoms with Crippen LogP contribution in [0.5, 0.6) is 0 Å². The number of hydrogen-bond donors (Lipinski definition) is 1. The van der Waals surface area contributed by atoms with E-state index >= 15 is 0 Å². The third kappa shape index (κ3) is 4.89. The number of alkyl halides is 6. The SMILES string of the molecule is CC(C)(c1ccc(-c2ccc(C(F)(F)F)cc2C(F)(F)F)nn1)N1Cc2[nH]c(-c3cccc(F)c3F)nc2C=N1. The van der Waals surface area contributed by atoms with E-state index in [0.29, 0.717) is 29.2 Å². The van der Waals surface area contributed by atoms with Crippen LogP contribution in [-0.4, -0.2) is 31.4 Å². The van der Waals surface area contributed by atoms with Gasteiger partial charge in [-0.3, -0.25) is 5.01 Å². The number of H-pyrrole nitrogens is 1. The molecule has 0 aliphatic carbocycles. The summed E-state index contributed by atoms with van der Waals surface area (Å²) in [6.45, 7) is 3.59. The average molecular weight is 566 g/mol. The first kappa shape index (κ1) is 27.2. The molecule has 1 N–H and O–H groups in total. The van der Waals surface area contributed by atoms with Crippen molar-refractivity contribution in [3.8, 4) is 22.6 Å². The molecule has 0 fully saturated rings. The fraction of sp³-hybridized carbons (Fsp3) is 0.231. The van der Waals surface area contributed by atoms with Crippen LogP contribution in [-0.2, 0) is 24.4 Å². The van der Waals surface area contributed by atoms with Crippen LogP contribution in [0, 0.1) is 11.6 Å². The summed E-state index contributed by atoms with van der Waals surface area (Å²) >= 11 is 0. The molecule has 4 aromatic rings. The molecule has 1 aliphatic heterocycles. The Morgan fingerprint density at radius 2 is 1.60 bits per heavy atom. The average Bonchev–Trinajstić information content (AvgIpc) is 3.32. The molecular formula is C26H18F8N6. The van der Waals surface area contributed by atoms with Gasteiger partial charge < -0.3 is 4.98 Å². The van der Waals surface area contributed by atoms with Gasteiger partial charge in [0.25, 0.3) is 0 Å². The van der Waals surface area contributed by atoms with Crippen LogP contribution in [0.3, 0.4) is 0 Å². The highest BCUT2D eigenvalue weighted by molar-refractivity contribution is 5.81. The van der Waals surface area contributed by atoms with Crippen LogP contribution in [0.1, 0.15) is 42.1 Å². The van der Waals surface area contributed by atoms with E-state index < -0.39 is 46.2 Å². The second-order valence-corrected chi connectivity index (χ2v) is 9.47. The monoisotopic (exact) mass is 566 g/mol. The summed E-state index contributed by atoms with van der Waals surface area (Å²) in [7, 11) is 0. The van der Waals surface area contributed by atoms with Gasteiger partial charge in [-0.05, 0) is 50.2 Å². The summed E-state index contributed by atoms with van der Waals surface area (Å²) in [4.78, 5) is 7.24. The number of imidazole rings is 1. The van der Waals surface area contributed by atoms with Gasteiger partial charge in [-0.25, -0.2) is 13.8 Å². The molecule has 40 heavy (non-hydrogen) atoms. The summed E-state index contributed by atoms with van der Waals surface area (Å²) in [6.07, 6.45) is -8.60. The van der Waals surface area contributed by atoms with Gasteiger partial charge in [0.15, 0.2) is 11.6 Å². The van der Waals surface area contributed by atoms with Crippen LogP contribution in [0.2, 0.25) is 0 Å². The van der Waals surface area contributed by atoms with Crippen molar-refractivity contribution in [2.75, 3.05) is 0 Å². The maximum Gasteiger partial charge on any atom is 0.417 e. The molecule has 6 nitrogen and oxygen atoms in total. The molecular weight excluding hydrogens is 548 g/mol. The number of hydrogen-bond acceptors (Lipinski definition) is 5. The first-order chi connectivity index (χ1) is 18.7. The minimum Gasteiger partial charge on any atom is -0.340 e. The highest BCUT2D eigenvalue weighted by Crippen LogP contribution is 2.41. The number of benzene rings is 2. The van der Waals surface area contributed by atoms with Gasteiger partial charge in [0.2, 0.25) is 0 Å². The van der Waals surface area contributed by atoms with Crippen molar-refractivity contribution in [1.82, 2.24) is 25.2 Å². The molecule has 14 heteroatoms. The molecule has 0 amide bonds. The number of halogens is 8. The van der Waals surface area contributed by atoms with Crippen LogP contribution >= 0.6 is 0 Å². The minimum absolute atomic E-state index is 0.0449. The van der Waals surface area contributed by atoms with E-state index in [1.165, 1.54) is 30.5 Å². The number of fused-ring (bicyclic) bond motifs is 1. The molecule has 1 aliphatic rings. The van der Waals surface area contributed by atoms with Gasteiger partial charge in [-0.2, -0.15) is 41.6 Å². The first-order valence-electron chi connectivity index (χ1n) is 11.6. The van der Waals surface area contributed by atoms with Crippen LogP contribution in [0.15, 0.2) is 53.6 Å². The molecule has 0 saturated carbocycles. The molecule has 0 saturated heterocycles. The molecule has 0 spiro atoms. The quantitative estimate of drug-likeness (QED) is 0.272. The molecule has 0 radical (unpaired) electrons. The molecule has 0 atom stereocenters. The third-order valence-corrected chi connectivity index (χ3v) is 6.51. The Labute approximate surface area is 221 Å². The Morgan fingerprint density at radius 1 is 0.850 bits per heavy atom. The van der Waals surface area contributed by atoms with E-state index in [9.17, 15) is 35.1 Å². The molecule has 2 aromatic heterocycles. The van der Waals surface area contributed by atoms with Crippen molar-refractivity contribution in [2.45, 2.75) is 38.3 Å². The molecule has 0 unspecified atom stereocenters. The zero-order chi connectivity index (χ0) is 29.0. The van der Waals surface area contributed by atoms with Crippen molar-refractivity contribution in [3.63, 3.8) is 0 Å². The standard InChI is InChI=1S/C26H18F8N6/c1-24(2,40-12-20-19(11-35-40)36-23(37-20)15-4-3-5-17(27)22(15)28)21-9-8-18(38-39-21)14-7-6-13(25(29,30)31)10-16(14)26(32,33)34/h3-11H,12H2,1-2H3,(H,36,37). The number of nitrogens with zero attached hydrogens (tertiary/aromatic N) is 5. The van der Waals surface area contributed by atoms with Gasteiger partial charge in [-0.15, -0.1) is 0 Å². The van der Waals surface area contributed by atoms with Crippen LogP contribution in [0.4, 0.5) is 35.1 Å². The molecule has 0 bridgehead atoms. The fourth-order valence-corrected chi connectivity index (χ4v) is 4.23. The van der Waals surface area contributed by atoms with E-state index in [1.54, 1.807) is 18.9 Å². The lowest BCUT2D eigenvalue weighted by Gasteiger charge is -2.36. The lowest BCUT2D eigenvalue weighted by Crippen LogP contribution is -2.40. The summed E-state index contributed by atoms with van der Waals surface area (Å²) in [6, 6.07) is 7.67. The fourth-order valence-electron chi connectivity index (χ4n) is 4.23. The second kappa shape index (κ2) is 9.38. The normalized spacial score (nSPS) is 14.0. The largest absolute Gasteiger partial charge is 0.417 e. The Bertz CT molecular complexity index is 1600. The van der Waals surface area contributed by atoms with E-state index in [0.717, 1.165) is 6.07 Å². The van der Waals surface area contributed by atoms with Crippen molar-refractivity contribution in [1.29, 1.82) is 0 Å². The number of aromatic amines is 1. The Kier molecular flexibility index (Phi) is 6.38. The van der Waals surface area contributed by atoms with Crippen molar-refractivity contribution < 1.29 is 35.1 Å². The van der Waals surface area contributed by atoms with Gasteiger partial charge in [0, 0.05) is 5.56 Å². The number of hydrazone groups is 1. The minimum atomic E-state index is -5.06. The predicted octanol–water partition coefficient (Wildman–Crippen LogP) is 6.93. The van der Waals surface area contributed by atoms with Crippen LogP contribution in [0.25, 0.3) is 22.6 Å². The Hall–Kier alpha value is -4.36. The molecule has 3 heterocycles. The number of nitrogens with one attached hydrogen (secondary N) is 1. The van der Waals surface area contributed by atoms with Crippen molar-refractivity contribution in [2.24, 2.45) is 5.10 Å². The smallest absolute Gasteiger partial charge is 0.340 e. The number of rotatable bonds is 4. The Morgan fingerprint density at radius 3 is 2.25 bits per heavy atom. The topological polar surface area (TPSA) is 70.1 Å². The van der Waals surface area contributed by atoms with Gasteiger partial charge in [0.05, 0.1) is 52.1 Å².